The number of primary amides is 1. The van der Waals surface area contributed by atoms with Gasteiger partial charge in [-0.25, -0.2) is 9.78 Å². The number of urea groups is 1. The molecule has 0 aliphatic carbocycles. The highest BCUT2D eigenvalue weighted by atomic mass is 32.1. The lowest BCUT2D eigenvalue weighted by Gasteiger charge is -2.17. The average Bonchev–Trinajstić information content (AvgIpc) is 2.82. The van der Waals surface area contributed by atoms with E-state index in [0.717, 1.165) is 10.7 Å². The van der Waals surface area contributed by atoms with E-state index >= 15 is 0 Å². The second kappa shape index (κ2) is 5.49. The highest BCUT2D eigenvalue weighted by Gasteiger charge is 2.19. The number of benzene rings is 1. The van der Waals surface area contributed by atoms with Crippen molar-refractivity contribution in [3.8, 4) is 0 Å². The van der Waals surface area contributed by atoms with Gasteiger partial charge in [-0.2, -0.15) is 5.01 Å². The standard InChI is InChI=1S/C12H12N4O2S/c1-8-7-19-12(14-8)16(11(13)18)15-10(17)9-5-3-2-4-6-9/h2-7H,1H3,(H2,13,18)(H,15,17). The van der Waals surface area contributed by atoms with E-state index in [0.29, 0.717) is 10.7 Å². The van der Waals surface area contributed by atoms with Crippen molar-refractivity contribution in [2.75, 3.05) is 5.01 Å². The van der Waals surface area contributed by atoms with Crippen molar-refractivity contribution in [1.82, 2.24) is 10.4 Å². The van der Waals surface area contributed by atoms with Gasteiger partial charge in [0.2, 0.25) is 5.13 Å². The minimum absolute atomic E-state index is 0.328. The number of carbonyl (C=O) groups is 2. The zero-order valence-corrected chi connectivity index (χ0v) is 11.0. The smallest absolute Gasteiger partial charge is 0.340 e. The van der Waals surface area contributed by atoms with Gasteiger partial charge >= 0.3 is 6.03 Å². The third-order valence-electron chi connectivity index (χ3n) is 2.27. The van der Waals surface area contributed by atoms with E-state index in [4.69, 9.17) is 5.73 Å². The minimum Gasteiger partial charge on any atom is -0.350 e. The molecular formula is C12H12N4O2S. The summed E-state index contributed by atoms with van der Waals surface area (Å²) in [4.78, 5) is 27.4. The van der Waals surface area contributed by atoms with Gasteiger partial charge < -0.3 is 5.73 Å². The van der Waals surface area contributed by atoms with Crippen LogP contribution in [0.5, 0.6) is 0 Å². The summed E-state index contributed by atoms with van der Waals surface area (Å²) >= 11 is 1.22. The number of aromatic nitrogens is 1. The Labute approximate surface area is 113 Å². The maximum atomic E-state index is 12.0. The first-order valence-electron chi connectivity index (χ1n) is 5.45. The molecule has 0 bridgehead atoms. The Morgan fingerprint density at radius 3 is 2.53 bits per heavy atom. The Kier molecular flexibility index (Phi) is 3.76. The molecule has 0 spiro atoms. The van der Waals surface area contributed by atoms with Gasteiger partial charge in [-0.15, -0.1) is 11.3 Å². The zero-order chi connectivity index (χ0) is 13.8. The number of nitrogens with zero attached hydrogens (tertiary/aromatic N) is 2. The third kappa shape index (κ3) is 3.08. The molecule has 2 aromatic rings. The predicted molar refractivity (Wildman–Crippen MR) is 72.8 cm³/mol. The first-order chi connectivity index (χ1) is 9.08. The molecule has 7 heteroatoms. The number of anilines is 1. The molecule has 0 aliphatic heterocycles. The van der Waals surface area contributed by atoms with Crippen LogP contribution in [0.15, 0.2) is 35.7 Å². The number of nitrogens with two attached hydrogens (primary N) is 1. The first kappa shape index (κ1) is 13.0. The first-order valence-corrected chi connectivity index (χ1v) is 6.33. The van der Waals surface area contributed by atoms with Gasteiger partial charge in [-0.3, -0.25) is 10.2 Å². The van der Waals surface area contributed by atoms with Crippen molar-refractivity contribution < 1.29 is 9.59 Å². The minimum atomic E-state index is -0.793. The molecule has 0 radical (unpaired) electrons. The van der Waals surface area contributed by atoms with E-state index in [1.54, 1.807) is 42.6 Å². The van der Waals surface area contributed by atoms with Crippen LogP contribution >= 0.6 is 11.3 Å². The Morgan fingerprint density at radius 1 is 1.32 bits per heavy atom. The van der Waals surface area contributed by atoms with Crippen molar-refractivity contribution in [2.24, 2.45) is 5.73 Å². The van der Waals surface area contributed by atoms with E-state index in [9.17, 15) is 9.59 Å². The highest BCUT2D eigenvalue weighted by Crippen LogP contribution is 2.18. The Bertz CT molecular complexity index is 597. The summed E-state index contributed by atoms with van der Waals surface area (Å²) in [5, 5.41) is 3.03. The van der Waals surface area contributed by atoms with Gasteiger partial charge in [0.25, 0.3) is 5.91 Å². The summed E-state index contributed by atoms with van der Waals surface area (Å²) in [5.41, 5.74) is 8.86. The molecule has 1 aromatic heterocycles. The van der Waals surface area contributed by atoms with Crippen LogP contribution < -0.4 is 16.2 Å². The molecule has 0 fully saturated rings. The molecule has 1 heterocycles. The van der Waals surface area contributed by atoms with E-state index in [1.807, 2.05) is 0 Å². The second-order valence-corrected chi connectivity index (χ2v) is 4.59. The number of aryl methyl sites for hydroxylation is 1. The number of hydrogen-bond acceptors (Lipinski definition) is 4. The summed E-state index contributed by atoms with van der Waals surface area (Å²) in [6.07, 6.45) is 0. The summed E-state index contributed by atoms with van der Waals surface area (Å²) in [7, 11) is 0. The van der Waals surface area contributed by atoms with Crippen LogP contribution in [-0.4, -0.2) is 16.9 Å². The molecule has 2 rings (SSSR count). The van der Waals surface area contributed by atoms with Crippen LogP contribution in [-0.2, 0) is 0 Å². The van der Waals surface area contributed by atoms with Crippen molar-refractivity contribution in [2.45, 2.75) is 6.92 Å². The molecule has 98 valence electrons. The third-order valence-corrected chi connectivity index (χ3v) is 3.21. The largest absolute Gasteiger partial charge is 0.350 e. The number of amides is 3. The van der Waals surface area contributed by atoms with Gasteiger partial charge in [-0.05, 0) is 19.1 Å². The predicted octanol–water partition coefficient (Wildman–Crippen LogP) is 1.68. The molecule has 19 heavy (non-hydrogen) atoms. The number of carbonyl (C=O) groups excluding carboxylic acids is 2. The van der Waals surface area contributed by atoms with Crippen LogP contribution in [0.4, 0.5) is 9.93 Å². The van der Waals surface area contributed by atoms with Crippen LogP contribution in [0.3, 0.4) is 0 Å². The number of hydrogen-bond donors (Lipinski definition) is 2. The van der Waals surface area contributed by atoms with E-state index in [2.05, 4.69) is 10.4 Å². The van der Waals surface area contributed by atoms with Gasteiger partial charge in [0.1, 0.15) is 0 Å². The molecule has 0 saturated heterocycles. The monoisotopic (exact) mass is 276 g/mol. The number of hydrazine groups is 1. The van der Waals surface area contributed by atoms with Gasteiger partial charge in [0, 0.05) is 10.9 Å². The normalized spacial score (nSPS) is 9.95. The second-order valence-electron chi connectivity index (χ2n) is 3.75. The molecule has 3 amide bonds. The summed E-state index contributed by atoms with van der Waals surface area (Å²) in [6, 6.07) is 7.75. The SMILES string of the molecule is Cc1csc(N(NC(=O)c2ccccc2)C(N)=O)n1. The fourth-order valence-corrected chi connectivity index (χ4v) is 2.16. The Morgan fingerprint density at radius 2 is 2.00 bits per heavy atom. The Hall–Kier alpha value is -2.41. The summed E-state index contributed by atoms with van der Waals surface area (Å²) < 4.78 is 0. The van der Waals surface area contributed by atoms with E-state index in [1.165, 1.54) is 11.3 Å². The molecule has 0 saturated carbocycles. The molecule has 3 N–H and O–H groups in total. The van der Waals surface area contributed by atoms with Crippen LogP contribution in [0.1, 0.15) is 16.1 Å². The molecule has 1 aromatic carbocycles. The lowest BCUT2D eigenvalue weighted by molar-refractivity contribution is 0.0951. The highest BCUT2D eigenvalue weighted by molar-refractivity contribution is 7.14. The summed E-state index contributed by atoms with van der Waals surface area (Å²) in [6.45, 7) is 1.79. The Balaban J connectivity index is 2.18. The zero-order valence-electron chi connectivity index (χ0n) is 10.2. The maximum Gasteiger partial charge on any atom is 0.340 e. The van der Waals surface area contributed by atoms with Crippen molar-refractivity contribution >= 4 is 28.4 Å². The van der Waals surface area contributed by atoms with Crippen molar-refractivity contribution in [3.05, 3.63) is 47.0 Å². The topological polar surface area (TPSA) is 88.3 Å². The molecule has 0 aliphatic rings. The van der Waals surface area contributed by atoms with Crippen LogP contribution in [0, 0.1) is 6.92 Å². The molecule has 6 nitrogen and oxygen atoms in total. The molecule has 0 atom stereocenters. The van der Waals surface area contributed by atoms with Crippen molar-refractivity contribution in [1.29, 1.82) is 0 Å². The van der Waals surface area contributed by atoms with Gasteiger partial charge in [-0.1, -0.05) is 18.2 Å². The molecule has 0 unspecified atom stereocenters. The summed E-state index contributed by atoms with van der Waals surface area (Å²) in [5.74, 6) is -0.424. The maximum absolute atomic E-state index is 12.0. The quantitative estimate of drug-likeness (QED) is 0.818. The average molecular weight is 276 g/mol. The van der Waals surface area contributed by atoms with E-state index in [-0.39, 0.29) is 0 Å². The number of rotatable bonds is 2. The van der Waals surface area contributed by atoms with Gasteiger partial charge in [0.05, 0.1) is 5.69 Å². The lowest BCUT2D eigenvalue weighted by atomic mass is 10.2. The lowest BCUT2D eigenvalue weighted by Crippen LogP contribution is -2.49. The number of nitrogens with one attached hydrogen (secondary N) is 1. The fraction of sp³-hybridized carbons (Fsp3) is 0.0833. The van der Waals surface area contributed by atoms with Crippen LogP contribution in [0.2, 0.25) is 0 Å². The van der Waals surface area contributed by atoms with Crippen molar-refractivity contribution in [3.63, 3.8) is 0 Å². The number of thiazole rings is 1. The van der Waals surface area contributed by atoms with Gasteiger partial charge in [0.15, 0.2) is 0 Å². The fourth-order valence-electron chi connectivity index (χ4n) is 1.40. The van der Waals surface area contributed by atoms with Crippen LogP contribution in [0.25, 0.3) is 0 Å². The molecular weight excluding hydrogens is 264 g/mol. The van der Waals surface area contributed by atoms with E-state index < -0.39 is 11.9 Å².